The molecule has 1 fully saturated rings. The second kappa shape index (κ2) is 5.38. The average Bonchev–Trinajstić information content (AvgIpc) is 2.63. The van der Waals surface area contributed by atoms with Crippen molar-refractivity contribution in [2.24, 2.45) is 0 Å². The third-order valence-corrected chi connectivity index (χ3v) is 2.92. The van der Waals surface area contributed by atoms with Gasteiger partial charge in [-0.1, -0.05) is 0 Å². The molecule has 0 bridgehead atoms. The highest BCUT2D eigenvalue weighted by molar-refractivity contribution is 6.30. The van der Waals surface area contributed by atoms with Crippen molar-refractivity contribution < 1.29 is 22.1 Å². The third kappa shape index (κ3) is 2.25. The van der Waals surface area contributed by atoms with E-state index in [2.05, 4.69) is 4.98 Å². The van der Waals surface area contributed by atoms with Gasteiger partial charge in [-0.25, -0.2) is 9.18 Å². The lowest BCUT2D eigenvalue weighted by Crippen LogP contribution is -2.44. The molecular formula is C11H11ClFN3O4. The molecule has 4 N–H and O–H groups in total. The van der Waals surface area contributed by atoms with Crippen LogP contribution < -0.4 is 11.4 Å². The molecule has 1 unspecified atom stereocenters. The van der Waals surface area contributed by atoms with E-state index < -0.39 is 36.4 Å². The number of halogens is 2. The fourth-order valence-corrected chi connectivity index (χ4v) is 2.00. The predicted molar refractivity (Wildman–Crippen MR) is 67.4 cm³/mol. The van der Waals surface area contributed by atoms with Crippen LogP contribution in [0.15, 0.2) is 17.1 Å². The van der Waals surface area contributed by atoms with Gasteiger partial charge in [0.15, 0.2) is 6.23 Å². The maximum Gasteiger partial charge on any atom is 0.351 e. The molecule has 0 saturated carbocycles. The van der Waals surface area contributed by atoms with Crippen molar-refractivity contribution in [2.75, 3.05) is 12.3 Å². The van der Waals surface area contributed by atoms with E-state index in [4.69, 9.17) is 24.8 Å². The van der Waals surface area contributed by atoms with Crippen LogP contribution in [0, 0.1) is 11.3 Å². The number of aliphatic hydroxyl groups is 2. The first-order valence-corrected chi connectivity index (χ1v) is 5.71. The summed E-state index contributed by atoms with van der Waals surface area (Å²) >= 11 is 5.17. The largest absolute Gasteiger partial charge is 0.394 e. The smallest absolute Gasteiger partial charge is 0.351 e. The molecule has 2 rings (SSSR count). The van der Waals surface area contributed by atoms with Gasteiger partial charge in [0.2, 0.25) is 5.67 Å². The Morgan fingerprint density at radius 3 is 3.05 bits per heavy atom. The van der Waals surface area contributed by atoms with Crippen LogP contribution in [0.2, 0.25) is 0 Å². The molecule has 1 aliphatic rings. The summed E-state index contributed by atoms with van der Waals surface area (Å²) in [7, 11) is 0. The molecule has 0 amide bonds. The number of hydrogen-bond acceptors (Lipinski definition) is 6. The first kappa shape index (κ1) is 12.1. The molecule has 7 nitrogen and oxygen atoms in total. The van der Waals surface area contributed by atoms with Gasteiger partial charge in [-0.05, 0) is 23.6 Å². The van der Waals surface area contributed by atoms with E-state index in [1.54, 1.807) is 5.38 Å². The molecule has 0 radical (unpaired) electrons. The van der Waals surface area contributed by atoms with Crippen LogP contribution in [0.5, 0.6) is 0 Å². The summed E-state index contributed by atoms with van der Waals surface area (Å²) in [6.45, 7) is -3.08. The van der Waals surface area contributed by atoms with Crippen molar-refractivity contribution in [3.63, 3.8) is 0 Å². The Hall–Kier alpha value is -1.66. The standard InChI is InChI=1S/C11H11ClFN3O4/c12-3-2-11(13)8(18)6(5-17)20-9(11)16-4-1-7(14)15-10(16)19/h1,4,6,8-9,17-18H,5H2,(H2,14,15,19)/t6-,8+,9-,11?/m1/s1/i5D2. The molecule has 0 aliphatic carbocycles. The Kier molecular flexibility index (Phi) is 3.26. The Labute approximate surface area is 120 Å². The minimum atomic E-state index is -3.08. The number of nitrogens with two attached hydrogens (primary N) is 1. The second-order valence-corrected chi connectivity index (χ2v) is 4.20. The van der Waals surface area contributed by atoms with Crippen LogP contribution in [0.3, 0.4) is 0 Å². The normalized spacial score (nSPS) is 34.9. The van der Waals surface area contributed by atoms with E-state index in [1.165, 1.54) is 6.07 Å². The molecule has 1 saturated heterocycles. The fraction of sp³-hybridized carbons (Fsp3) is 0.455. The van der Waals surface area contributed by atoms with Crippen LogP contribution >= 0.6 is 11.6 Å². The maximum atomic E-state index is 15.0. The van der Waals surface area contributed by atoms with Crippen LogP contribution in [0.25, 0.3) is 0 Å². The summed E-state index contributed by atoms with van der Waals surface area (Å²) in [4.78, 5) is 15.2. The summed E-state index contributed by atoms with van der Waals surface area (Å²) in [6.07, 6.45) is -5.03. The minimum Gasteiger partial charge on any atom is -0.394 e. The zero-order chi connectivity index (χ0) is 16.7. The molecule has 1 aliphatic heterocycles. The van der Waals surface area contributed by atoms with Crippen LogP contribution in [-0.4, -0.2) is 44.2 Å². The first-order valence-electron chi connectivity index (χ1n) is 6.33. The van der Waals surface area contributed by atoms with Gasteiger partial charge in [-0.15, -0.1) is 0 Å². The Morgan fingerprint density at radius 1 is 1.80 bits per heavy atom. The van der Waals surface area contributed by atoms with Crippen molar-refractivity contribution in [1.82, 2.24) is 9.55 Å². The highest BCUT2D eigenvalue weighted by Crippen LogP contribution is 2.40. The SMILES string of the molecule is [2H]C([2H])(O)[C@H]1O[C@@H](n2ccc(N)nc2=O)C(F)(C#CCl)[C@H]1O. The lowest BCUT2D eigenvalue weighted by Gasteiger charge is -2.23. The number of rotatable bonds is 2. The number of ether oxygens (including phenoxy) is 1. The maximum absolute atomic E-state index is 15.0. The lowest BCUT2D eigenvalue weighted by atomic mass is 9.97. The Morgan fingerprint density at radius 2 is 2.50 bits per heavy atom. The van der Waals surface area contributed by atoms with Gasteiger partial charge in [0.1, 0.15) is 18.0 Å². The van der Waals surface area contributed by atoms with Gasteiger partial charge in [0.25, 0.3) is 0 Å². The van der Waals surface area contributed by atoms with Gasteiger partial charge in [-0.3, -0.25) is 4.57 Å². The van der Waals surface area contributed by atoms with Gasteiger partial charge in [-0.2, -0.15) is 4.98 Å². The monoisotopic (exact) mass is 305 g/mol. The topological polar surface area (TPSA) is 111 Å². The number of alkyl halides is 1. The molecule has 20 heavy (non-hydrogen) atoms. The Bertz CT molecular complexity index is 701. The zero-order valence-corrected chi connectivity index (χ0v) is 10.6. The van der Waals surface area contributed by atoms with Crippen molar-refractivity contribution >= 4 is 17.4 Å². The highest BCUT2D eigenvalue weighted by Gasteiger charge is 2.57. The lowest BCUT2D eigenvalue weighted by molar-refractivity contribution is -0.0542. The van der Waals surface area contributed by atoms with E-state index in [0.717, 1.165) is 6.20 Å². The van der Waals surface area contributed by atoms with E-state index in [0.29, 0.717) is 4.57 Å². The van der Waals surface area contributed by atoms with Crippen molar-refractivity contribution in [2.45, 2.75) is 24.1 Å². The van der Waals surface area contributed by atoms with Crippen LogP contribution in [-0.2, 0) is 4.74 Å². The number of nitrogens with zero attached hydrogens (tertiary/aromatic N) is 2. The summed E-state index contributed by atoms with van der Waals surface area (Å²) in [5, 5.41) is 21.0. The summed E-state index contributed by atoms with van der Waals surface area (Å²) in [5.74, 6) is 1.72. The van der Waals surface area contributed by atoms with Gasteiger partial charge >= 0.3 is 5.69 Å². The van der Waals surface area contributed by atoms with E-state index in [-0.39, 0.29) is 5.82 Å². The zero-order valence-electron chi connectivity index (χ0n) is 11.8. The first-order chi connectivity index (χ1) is 10.1. The van der Waals surface area contributed by atoms with Crippen LogP contribution in [0.4, 0.5) is 10.2 Å². The van der Waals surface area contributed by atoms with Gasteiger partial charge in [0.05, 0.1) is 9.30 Å². The third-order valence-electron chi connectivity index (χ3n) is 2.82. The number of nitrogen functional groups attached to an aromatic ring is 1. The highest BCUT2D eigenvalue weighted by atomic mass is 35.5. The summed E-state index contributed by atoms with van der Waals surface area (Å²) in [6, 6.07) is 1.17. The summed E-state index contributed by atoms with van der Waals surface area (Å²) < 4.78 is 35.0. The van der Waals surface area contributed by atoms with Crippen LogP contribution in [0.1, 0.15) is 8.97 Å². The molecule has 108 valence electrons. The van der Waals surface area contributed by atoms with Gasteiger partial charge in [0, 0.05) is 11.6 Å². The number of anilines is 1. The number of aliphatic hydroxyl groups excluding tert-OH is 1. The minimum absolute atomic E-state index is 0.123. The van der Waals surface area contributed by atoms with E-state index in [9.17, 15) is 19.4 Å². The molecule has 0 spiro atoms. The second-order valence-electron chi connectivity index (χ2n) is 4.01. The Balaban J connectivity index is 2.57. The predicted octanol–water partition coefficient (Wildman–Crippen LogP) is -1.02. The van der Waals surface area contributed by atoms with E-state index in [1.807, 2.05) is 5.92 Å². The van der Waals surface area contributed by atoms with Crippen molar-refractivity contribution in [1.29, 1.82) is 0 Å². The molecule has 4 atom stereocenters. The quantitative estimate of drug-likeness (QED) is 0.604. The number of aromatic nitrogens is 2. The summed E-state index contributed by atoms with van der Waals surface area (Å²) in [5.41, 5.74) is 1.37. The fourth-order valence-electron chi connectivity index (χ4n) is 1.86. The molecule has 0 aromatic carbocycles. The molecular weight excluding hydrogens is 293 g/mol. The van der Waals surface area contributed by atoms with E-state index >= 15 is 0 Å². The number of hydrogen-bond donors (Lipinski definition) is 3. The van der Waals surface area contributed by atoms with Gasteiger partial charge < -0.3 is 20.7 Å². The molecule has 1 aromatic rings. The molecule has 2 heterocycles. The molecule has 1 aromatic heterocycles. The van der Waals surface area contributed by atoms with Crippen molar-refractivity contribution in [3.05, 3.63) is 22.7 Å². The van der Waals surface area contributed by atoms with Crippen molar-refractivity contribution in [3.8, 4) is 11.3 Å². The average molecular weight is 306 g/mol. The molecule has 9 heteroatoms.